The number of carbonyl (C=O) groups is 1. The Morgan fingerprint density at radius 1 is 1.00 bits per heavy atom. The average Bonchev–Trinajstić information content (AvgIpc) is 3.46. The molecule has 8 heteroatoms. The van der Waals surface area contributed by atoms with Crippen molar-refractivity contribution in [3.8, 4) is 22.5 Å². The molecular weight excluding hydrogens is 438 g/mol. The van der Waals surface area contributed by atoms with E-state index in [1.807, 2.05) is 41.3 Å². The van der Waals surface area contributed by atoms with Crippen LogP contribution in [0.3, 0.4) is 0 Å². The highest BCUT2D eigenvalue weighted by molar-refractivity contribution is 5.85. The van der Waals surface area contributed by atoms with Crippen LogP contribution in [-0.4, -0.2) is 44.1 Å². The maximum atomic E-state index is 13.5. The molecule has 1 unspecified atom stereocenters. The van der Waals surface area contributed by atoms with Crippen LogP contribution in [0.15, 0.2) is 72.8 Å². The van der Waals surface area contributed by atoms with Gasteiger partial charge in [-0.15, -0.1) is 10.2 Å². The van der Waals surface area contributed by atoms with Crippen molar-refractivity contribution in [1.29, 1.82) is 0 Å². The summed E-state index contributed by atoms with van der Waals surface area (Å²) in [5.74, 6) is 0.634. The molecule has 5 rings (SSSR count). The van der Waals surface area contributed by atoms with Gasteiger partial charge in [-0.05, 0) is 40.0 Å². The lowest BCUT2D eigenvalue weighted by Crippen LogP contribution is -2.52. The summed E-state index contributed by atoms with van der Waals surface area (Å²) in [5, 5.41) is 21.2. The van der Waals surface area contributed by atoms with Crippen molar-refractivity contribution in [2.24, 2.45) is 0 Å². The molecule has 3 N–H and O–H groups in total. The van der Waals surface area contributed by atoms with Gasteiger partial charge in [-0.3, -0.25) is 10.1 Å². The van der Waals surface area contributed by atoms with Gasteiger partial charge in [0.15, 0.2) is 6.17 Å². The Balaban J connectivity index is 1.33. The molecule has 178 valence electrons. The number of fused-ring (bicyclic) bond motifs is 1. The van der Waals surface area contributed by atoms with Crippen LogP contribution in [0.25, 0.3) is 22.5 Å². The number of para-hydroxylation sites is 1. The summed E-state index contributed by atoms with van der Waals surface area (Å²) in [6, 6.07) is 24.5. The lowest BCUT2D eigenvalue weighted by atomic mass is 9.98. The van der Waals surface area contributed by atoms with E-state index in [4.69, 9.17) is 0 Å². The van der Waals surface area contributed by atoms with Crippen LogP contribution < -0.4 is 10.6 Å². The minimum Gasteiger partial charge on any atom is -0.362 e. The van der Waals surface area contributed by atoms with Gasteiger partial charge in [0.1, 0.15) is 0 Å². The molecule has 0 radical (unpaired) electrons. The first-order valence-electron chi connectivity index (χ1n) is 12.0. The number of H-pyrrole nitrogens is 1. The van der Waals surface area contributed by atoms with Crippen molar-refractivity contribution in [2.75, 3.05) is 11.9 Å². The summed E-state index contributed by atoms with van der Waals surface area (Å²) in [4.78, 5) is 15.4. The van der Waals surface area contributed by atoms with E-state index in [2.05, 4.69) is 74.6 Å². The van der Waals surface area contributed by atoms with Crippen LogP contribution in [-0.2, 0) is 17.9 Å². The van der Waals surface area contributed by atoms with Gasteiger partial charge in [0, 0.05) is 30.9 Å². The summed E-state index contributed by atoms with van der Waals surface area (Å²) in [6.45, 7) is 4.11. The maximum absolute atomic E-state index is 13.5. The lowest BCUT2D eigenvalue weighted by molar-refractivity contribution is -0.133. The minimum atomic E-state index is -0.428. The SMILES string of the molecule is CCCCN(Cc1ccc(-c2ccccc2-c2nn[nH]n2)cc1)C(=O)C1NCc2ccccc2N1. The normalized spacial score (nSPS) is 14.7. The van der Waals surface area contributed by atoms with E-state index in [-0.39, 0.29) is 5.91 Å². The molecule has 0 bridgehead atoms. The third kappa shape index (κ3) is 5.07. The molecule has 0 aliphatic carbocycles. The van der Waals surface area contributed by atoms with Crippen LogP contribution in [0.4, 0.5) is 5.69 Å². The molecule has 1 aliphatic rings. The van der Waals surface area contributed by atoms with Crippen LogP contribution >= 0.6 is 0 Å². The molecule has 1 amide bonds. The van der Waals surface area contributed by atoms with Gasteiger partial charge in [-0.2, -0.15) is 5.21 Å². The number of anilines is 1. The monoisotopic (exact) mass is 467 g/mol. The fraction of sp³-hybridized carbons (Fsp3) is 0.259. The number of nitrogens with zero attached hydrogens (tertiary/aromatic N) is 4. The highest BCUT2D eigenvalue weighted by Gasteiger charge is 2.27. The third-order valence-electron chi connectivity index (χ3n) is 6.31. The van der Waals surface area contributed by atoms with Gasteiger partial charge in [-0.1, -0.05) is 80.1 Å². The van der Waals surface area contributed by atoms with Crippen LogP contribution in [0.1, 0.15) is 30.9 Å². The molecule has 0 saturated carbocycles. The number of tetrazole rings is 1. The van der Waals surface area contributed by atoms with Gasteiger partial charge in [-0.25, -0.2) is 0 Å². The Labute approximate surface area is 204 Å². The van der Waals surface area contributed by atoms with E-state index in [1.165, 1.54) is 5.56 Å². The van der Waals surface area contributed by atoms with Gasteiger partial charge >= 0.3 is 0 Å². The largest absolute Gasteiger partial charge is 0.362 e. The molecular formula is C27H29N7O. The molecule has 35 heavy (non-hydrogen) atoms. The van der Waals surface area contributed by atoms with E-state index in [0.717, 1.165) is 47.3 Å². The predicted molar refractivity (Wildman–Crippen MR) is 136 cm³/mol. The number of aromatic amines is 1. The molecule has 8 nitrogen and oxygen atoms in total. The molecule has 0 spiro atoms. The zero-order valence-electron chi connectivity index (χ0n) is 19.7. The summed E-state index contributed by atoms with van der Waals surface area (Å²) < 4.78 is 0. The van der Waals surface area contributed by atoms with E-state index in [0.29, 0.717) is 18.9 Å². The Morgan fingerprint density at radius 3 is 2.54 bits per heavy atom. The number of amides is 1. The number of unbranched alkanes of at least 4 members (excludes halogenated alkanes) is 1. The number of benzene rings is 3. The second-order valence-electron chi connectivity index (χ2n) is 8.71. The fourth-order valence-corrected chi connectivity index (χ4v) is 4.40. The Bertz CT molecular complexity index is 1270. The van der Waals surface area contributed by atoms with E-state index in [9.17, 15) is 4.79 Å². The molecule has 0 fully saturated rings. The average molecular weight is 468 g/mol. The topological polar surface area (TPSA) is 98.8 Å². The van der Waals surface area contributed by atoms with Gasteiger partial charge in [0.05, 0.1) is 0 Å². The van der Waals surface area contributed by atoms with E-state index in [1.54, 1.807) is 0 Å². The van der Waals surface area contributed by atoms with Crippen molar-refractivity contribution in [1.82, 2.24) is 30.8 Å². The molecule has 3 aromatic carbocycles. The molecule has 1 atom stereocenters. The number of carbonyl (C=O) groups excluding carboxylic acids is 1. The third-order valence-corrected chi connectivity index (χ3v) is 6.31. The van der Waals surface area contributed by atoms with Gasteiger partial charge < -0.3 is 10.2 Å². The van der Waals surface area contributed by atoms with Gasteiger partial charge in [0.25, 0.3) is 5.91 Å². The lowest BCUT2D eigenvalue weighted by Gasteiger charge is -2.32. The zero-order valence-corrected chi connectivity index (χ0v) is 19.7. The zero-order chi connectivity index (χ0) is 24.0. The van der Waals surface area contributed by atoms with Crippen LogP contribution in [0, 0.1) is 0 Å². The van der Waals surface area contributed by atoms with Crippen molar-refractivity contribution in [3.63, 3.8) is 0 Å². The standard InChI is InChI=1S/C27H29N7O/c1-2-3-16-34(27(35)26-28-17-21-8-4-7-11-24(21)29-26)18-19-12-14-20(15-13-19)22-9-5-6-10-23(22)25-30-32-33-31-25/h4-15,26,28-29H,2-3,16-18H2,1H3,(H,30,31,32,33). The van der Waals surface area contributed by atoms with Crippen LogP contribution in [0.5, 0.6) is 0 Å². The quantitative estimate of drug-likeness (QED) is 0.359. The molecule has 1 aliphatic heterocycles. The molecule has 2 heterocycles. The second kappa shape index (κ2) is 10.5. The second-order valence-corrected chi connectivity index (χ2v) is 8.71. The number of aromatic nitrogens is 4. The summed E-state index contributed by atoms with van der Waals surface area (Å²) in [6.07, 6.45) is 1.57. The molecule has 0 saturated heterocycles. The van der Waals surface area contributed by atoms with Crippen molar-refractivity contribution >= 4 is 11.6 Å². The number of hydrogen-bond acceptors (Lipinski definition) is 6. The highest BCUT2D eigenvalue weighted by Crippen LogP contribution is 2.30. The maximum Gasteiger partial charge on any atom is 0.260 e. The number of rotatable bonds is 8. The Morgan fingerprint density at radius 2 is 1.77 bits per heavy atom. The molecule has 1 aromatic heterocycles. The fourth-order valence-electron chi connectivity index (χ4n) is 4.40. The van der Waals surface area contributed by atoms with Crippen molar-refractivity contribution in [3.05, 3.63) is 83.9 Å². The summed E-state index contributed by atoms with van der Waals surface area (Å²) in [7, 11) is 0. The predicted octanol–water partition coefficient (Wildman–Crippen LogP) is 4.20. The first-order valence-corrected chi connectivity index (χ1v) is 12.0. The van der Waals surface area contributed by atoms with E-state index >= 15 is 0 Å². The summed E-state index contributed by atoms with van der Waals surface area (Å²) in [5.41, 5.74) is 6.30. The Kier molecular flexibility index (Phi) is 6.81. The highest BCUT2D eigenvalue weighted by atomic mass is 16.2. The van der Waals surface area contributed by atoms with Gasteiger partial charge in [0.2, 0.25) is 5.82 Å². The van der Waals surface area contributed by atoms with Crippen molar-refractivity contribution < 1.29 is 4.79 Å². The number of hydrogen-bond donors (Lipinski definition) is 3. The Hall–Kier alpha value is -4.04. The first kappa shape index (κ1) is 22.7. The van der Waals surface area contributed by atoms with Crippen molar-refractivity contribution in [2.45, 2.75) is 39.0 Å². The first-order chi connectivity index (χ1) is 17.2. The molecule has 4 aromatic rings. The number of nitrogens with one attached hydrogen (secondary N) is 3. The minimum absolute atomic E-state index is 0.0690. The smallest absolute Gasteiger partial charge is 0.260 e. The summed E-state index contributed by atoms with van der Waals surface area (Å²) >= 11 is 0. The van der Waals surface area contributed by atoms with Crippen LogP contribution in [0.2, 0.25) is 0 Å². The van der Waals surface area contributed by atoms with E-state index < -0.39 is 6.17 Å².